The number of carbonyl (C=O) groups is 1. The maximum atomic E-state index is 11.9. The summed E-state index contributed by atoms with van der Waals surface area (Å²) in [7, 11) is 0. The van der Waals surface area contributed by atoms with E-state index in [4.69, 9.17) is 37.9 Å². The lowest BCUT2D eigenvalue weighted by molar-refractivity contribution is -0.145. The molecule has 0 heterocycles. The van der Waals surface area contributed by atoms with Crippen molar-refractivity contribution in [2.45, 2.75) is 162 Å². The largest absolute Gasteiger partial charge is 0.491 e. The van der Waals surface area contributed by atoms with Gasteiger partial charge in [-0.1, -0.05) is 148 Å². The fraction of sp³-hybridized carbons (Fsp3) is 0.848. The first-order valence-electron chi connectivity index (χ1n) is 22.6. The third kappa shape index (κ3) is 38.9. The number of carbonyl (C=O) groups excluding carboxylic acids is 1. The van der Waals surface area contributed by atoms with Crippen molar-refractivity contribution in [3.63, 3.8) is 0 Å². The molecule has 0 radical (unpaired) electrons. The number of benzene rings is 1. The van der Waals surface area contributed by atoms with Gasteiger partial charge >= 0.3 is 5.97 Å². The molecule has 0 bridgehead atoms. The van der Waals surface area contributed by atoms with Crippen molar-refractivity contribution < 1.29 is 42.7 Å². The minimum Gasteiger partial charge on any atom is -0.491 e. The van der Waals surface area contributed by atoms with E-state index in [0.29, 0.717) is 98.9 Å². The Kier molecular flexibility index (Phi) is 40.4. The normalized spacial score (nSPS) is 11.4. The summed E-state index contributed by atoms with van der Waals surface area (Å²) in [4.78, 5) is 11.9. The van der Waals surface area contributed by atoms with Gasteiger partial charge in [0, 0.05) is 6.42 Å². The summed E-state index contributed by atoms with van der Waals surface area (Å²) in [6, 6.07) is 8.45. The monoisotopic (exact) mass is 781 g/mol. The van der Waals surface area contributed by atoms with Crippen molar-refractivity contribution >= 4 is 5.97 Å². The van der Waals surface area contributed by atoms with Gasteiger partial charge in [-0.3, -0.25) is 4.79 Å². The van der Waals surface area contributed by atoms with Gasteiger partial charge in [0.05, 0.1) is 79.3 Å². The van der Waals surface area contributed by atoms with Crippen LogP contribution in [0.15, 0.2) is 24.3 Å². The predicted octanol–water partition coefficient (Wildman–Crippen LogP) is 10.9. The van der Waals surface area contributed by atoms with Crippen LogP contribution in [-0.4, -0.2) is 98.5 Å². The zero-order valence-electron chi connectivity index (χ0n) is 35.6. The van der Waals surface area contributed by atoms with Crippen LogP contribution in [0, 0.1) is 0 Å². The van der Waals surface area contributed by atoms with Crippen LogP contribution in [0.3, 0.4) is 0 Å². The van der Waals surface area contributed by atoms with E-state index in [1.165, 1.54) is 128 Å². The molecule has 0 aliphatic rings. The van der Waals surface area contributed by atoms with Crippen LogP contribution >= 0.6 is 0 Å². The molecule has 0 saturated carbocycles. The van der Waals surface area contributed by atoms with Crippen LogP contribution in [0.25, 0.3) is 0 Å². The second kappa shape index (κ2) is 43.4. The van der Waals surface area contributed by atoms with Crippen LogP contribution < -0.4 is 4.74 Å². The predicted molar refractivity (Wildman–Crippen MR) is 224 cm³/mol. The Morgan fingerprint density at radius 3 is 1.11 bits per heavy atom. The van der Waals surface area contributed by atoms with Crippen molar-refractivity contribution in [3.8, 4) is 5.75 Å². The first-order valence-corrected chi connectivity index (χ1v) is 22.6. The van der Waals surface area contributed by atoms with Crippen molar-refractivity contribution in [2.24, 2.45) is 0 Å². The molecule has 0 aromatic heterocycles. The summed E-state index contributed by atoms with van der Waals surface area (Å²) in [5, 5.41) is 0. The third-order valence-corrected chi connectivity index (χ3v) is 9.57. The van der Waals surface area contributed by atoms with Crippen molar-refractivity contribution in [2.75, 3.05) is 92.5 Å². The van der Waals surface area contributed by atoms with E-state index in [1.807, 2.05) is 0 Å². The van der Waals surface area contributed by atoms with Gasteiger partial charge in [-0.2, -0.15) is 0 Å². The Labute approximate surface area is 337 Å². The fourth-order valence-electron chi connectivity index (χ4n) is 6.21. The van der Waals surface area contributed by atoms with Crippen molar-refractivity contribution in [1.29, 1.82) is 0 Å². The highest BCUT2D eigenvalue weighted by molar-refractivity contribution is 5.69. The van der Waals surface area contributed by atoms with E-state index in [9.17, 15) is 4.79 Å². The molecule has 0 amide bonds. The molecule has 0 fully saturated rings. The average Bonchev–Trinajstić information content (AvgIpc) is 3.20. The summed E-state index contributed by atoms with van der Waals surface area (Å²) in [5.74, 6) is 0.763. The highest BCUT2D eigenvalue weighted by atomic mass is 16.6. The molecule has 9 heteroatoms. The quantitative estimate of drug-likeness (QED) is 0.0474. The van der Waals surface area contributed by atoms with Gasteiger partial charge in [0.15, 0.2) is 0 Å². The zero-order valence-corrected chi connectivity index (χ0v) is 35.6. The highest BCUT2D eigenvalue weighted by Crippen LogP contribution is 2.16. The number of unbranched alkanes of at least 4 members (excludes halogenated alkanes) is 19. The van der Waals surface area contributed by atoms with Gasteiger partial charge in [0.1, 0.15) is 19.0 Å². The number of aryl methyl sites for hydroxylation is 1. The van der Waals surface area contributed by atoms with Gasteiger partial charge < -0.3 is 37.9 Å². The number of ether oxygens (including phenoxy) is 8. The Balaban J connectivity index is 1.70. The summed E-state index contributed by atoms with van der Waals surface area (Å²) >= 11 is 0. The second-order valence-corrected chi connectivity index (χ2v) is 14.6. The lowest BCUT2D eigenvalue weighted by Gasteiger charge is -2.09. The Bertz CT molecular complexity index is 898. The summed E-state index contributed by atoms with van der Waals surface area (Å²) in [5.41, 5.74) is 1.38. The van der Waals surface area contributed by atoms with Gasteiger partial charge in [-0.15, -0.1) is 0 Å². The molecule has 1 rings (SSSR count). The first kappa shape index (κ1) is 51.3. The van der Waals surface area contributed by atoms with Crippen LogP contribution in [0.1, 0.15) is 161 Å². The highest BCUT2D eigenvalue weighted by Gasteiger charge is 2.03. The lowest BCUT2D eigenvalue weighted by atomic mass is 10.0. The number of esters is 1. The molecule has 322 valence electrons. The van der Waals surface area contributed by atoms with E-state index in [2.05, 4.69) is 38.1 Å². The molecule has 0 spiro atoms. The Hall–Kier alpha value is -1.75. The van der Waals surface area contributed by atoms with Gasteiger partial charge in [0.25, 0.3) is 0 Å². The standard InChI is InChI=1S/C46H84O9/c1-3-5-7-9-11-12-13-14-15-16-17-18-19-21-23-25-46(47)55-43-41-53-39-37-51-35-33-49-31-30-48-32-34-50-36-38-52-40-42-54-45-28-26-44(27-29-45)24-22-20-10-8-6-4-2/h26-29H,3-25,30-43H2,1-2H3. The smallest absolute Gasteiger partial charge is 0.305 e. The maximum Gasteiger partial charge on any atom is 0.305 e. The molecular weight excluding hydrogens is 696 g/mol. The van der Waals surface area contributed by atoms with Crippen LogP contribution in [0.5, 0.6) is 5.75 Å². The molecule has 9 nitrogen and oxygen atoms in total. The van der Waals surface area contributed by atoms with Crippen LogP contribution in [0.4, 0.5) is 0 Å². The molecule has 0 saturated heterocycles. The molecule has 0 N–H and O–H groups in total. The third-order valence-electron chi connectivity index (χ3n) is 9.57. The Morgan fingerprint density at radius 1 is 0.382 bits per heavy atom. The molecule has 0 unspecified atom stereocenters. The van der Waals surface area contributed by atoms with E-state index in [-0.39, 0.29) is 5.97 Å². The fourth-order valence-corrected chi connectivity index (χ4v) is 6.21. The number of hydrogen-bond donors (Lipinski definition) is 0. The SMILES string of the molecule is CCCCCCCCCCCCCCCCCC(=O)OCCOCCOCCOCCOCCOCCOCCOc1ccc(CCCCCCCC)cc1. The molecular formula is C46H84O9. The van der Waals surface area contributed by atoms with Crippen molar-refractivity contribution in [3.05, 3.63) is 29.8 Å². The lowest BCUT2D eigenvalue weighted by Crippen LogP contribution is -2.15. The number of hydrogen-bond acceptors (Lipinski definition) is 9. The molecule has 0 aliphatic carbocycles. The molecule has 0 aliphatic heterocycles. The van der Waals surface area contributed by atoms with E-state index in [0.717, 1.165) is 25.0 Å². The topological polar surface area (TPSA) is 90.9 Å². The van der Waals surface area contributed by atoms with Crippen LogP contribution in [-0.2, 0) is 44.4 Å². The zero-order chi connectivity index (χ0) is 39.4. The minimum absolute atomic E-state index is 0.124. The molecule has 55 heavy (non-hydrogen) atoms. The minimum atomic E-state index is -0.124. The molecule has 1 aromatic rings. The summed E-state index contributed by atoms with van der Waals surface area (Å²) < 4.78 is 44.3. The van der Waals surface area contributed by atoms with Crippen LogP contribution in [0.2, 0.25) is 0 Å². The summed E-state index contributed by atoms with van der Waals surface area (Å²) in [6.45, 7) is 11.3. The van der Waals surface area contributed by atoms with Gasteiger partial charge in [-0.25, -0.2) is 0 Å². The van der Waals surface area contributed by atoms with Crippen molar-refractivity contribution in [1.82, 2.24) is 0 Å². The van der Waals surface area contributed by atoms with Gasteiger partial charge in [0.2, 0.25) is 0 Å². The van der Waals surface area contributed by atoms with E-state index in [1.54, 1.807) is 0 Å². The van der Waals surface area contributed by atoms with Gasteiger partial charge in [-0.05, 0) is 37.0 Å². The molecule has 1 aromatic carbocycles. The first-order chi connectivity index (χ1) is 27.3. The maximum absolute atomic E-state index is 11.9. The Morgan fingerprint density at radius 2 is 0.709 bits per heavy atom. The molecule has 0 atom stereocenters. The number of rotatable bonds is 45. The van der Waals surface area contributed by atoms with E-state index < -0.39 is 0 Å². The van der Waals surface area contributed by atoms with E-state index >= 15 is 0 Å². The second-order valence-electron chi connectivity index (χ2n) is 14.6. The average molecular weight is 781 g/mol. The summed E-state index contributed by atoms with van der Waals surface area (Å²) in [6.07, 6.45) is 29.4.